The number of amidine groups is 1. The molecule has 10 heteroatoms. The average Bonchev–Trinajstić information content (AvgIpc) is 3.01. The Morgan fingerprint density at radius 2 is 1.90 bits per heavy atom. The molecule has 1 fully saturated rings. The Bertz CT molecular complexity index is 1020. The van der Waals surface area contributed by atoms with Crippen LogP contribution in [0.25, 0.3) is 6.08 Å². The molecule has 5 nitrogen and oxygen atoms in total. The van der Waals surface area contributed by atoms with Gasteiger partial charge in [-0.3, -0.25) is 4.79 Å². The van der Waals surface area contributed by atoms with Crippen LogP contribution < -0.4 is 14.8 Å². The van der Waals surface area contributed by atoms with E-state index in [0.29, 0.717) is 22.0 Å². The number of hydrogen-bond acceptors (Lipinski definition) is 5. The summed E-state index contributed by atoms with van der Waals surface area (Å²) in [5, 5.41) is 2.27. The number of carbonyl (C=O) groups excluding carboxylic acids is 1. The van der Waals surface area contributed by atoms with Gasteiger partial charge < -0.3 is 14.8 Å². The molecule has 3 rings (SSSR count). The van der Waals surface area contributed by atoms with Gasteiger partial charge in [-0.15, -0.1) is 0 Å². The SMILES string of the molecule is COc1ccc(/C=C2/SC(=Nc3ccc(Cl)c(C(F)(F)F)c3)NC2=O)c(OC)c1. The fourth-order valence-corrected chi connectivity index (χ4v) is 3.53. The minimum atomic E-state index is -4.60. The van der Waals surface area contributed by atoms with Gasteiger partial charge in [0, 0.05) is 11.6 Å². The first kappa shape index (κ1) is 21.1. The summed E-state index contributed by atoms with van der Waals surface area (Å²) in [6.45, 7) is 0. The highest BCUT2D eigenvalue weighted by Gasteiger charge is 2.33. The van der Waals surface area contributed by atoms with Crippen LogP contribution in [0.3, 0.4) is 0 Å². The van der Waals surface area contributed by atoms with Crippen molar-refractivity contribution < 1.29 is 27.4 Å². The van der Waals surface area contributed by atoms with E-state index in [-0.39, 0.29) is 10.9 Å². The van der Waals surface area contributed by atoms with Crippen molar-refractivity contribution in [3.05, 3.63) is 57.5 Å². The fourth-order valence-electron chi connectivity index (χ4n) is 2.48. The predicted octanol–water partition coefficient (Wildman–Crippen LogP) is 5.27. The summed E-state index contributed by atoms with van der Waals surface area (Å²) in [5.41, 5.74) is -0.333. The molecule has 0 bridgehead atoms. The van der Waals surface area contributed by atoms with Crippen molar-refractivity contribution in [2.45, 2.75) is 6.18 Å². The first-order valence-corrected chi connectivity index (χ1v) is 9.29. The lowest BCUT2D eigenvalue weighted by Crippen LogP contribution is -2.19. The number of halogens is 4. The number of carbonyl (C=O) groups is 1. The Morgan fingerprint density at radius 3 is 2.55 bits per heavy atom. The van der Waals surface area contributed by atoms with Crippen LogP contribution in [0.2, 0.25) is 5.02 Å². The number of hydrogen-bond donors (Lipinski definition) is 1. The molecule has 0 spiro atoms. The van der Waals surface area contributed by atoms with Gasteiger partial charge in [-0.1, -0.05) is 11.6 Å². The molecule has 2 aromatic rings. The quantitative estimate of drug-likeness (QED) is 0.655. The number of ether oxygens (including phenoxy) is 2. The van der Waals surface area contributed by atoms with Crippen molar-refractivity contribution in [3.63, 3.8) is 0 Å². The van der Waals surface area contributed by atoms with Crippen LogP contribution >= 0.6 is 23.4 Å². The molecule has 0 radical (unpaired) electrons. The smallest absolute Gasteiger partial charge is 0.417 e. The number of rotatable bonds is 4. The Labute approximate surface area is 173 Å². The van der Waals surface area contributed by atoms with Gasteiger partial charge in [0.1, 0.15) is 11.5 Å². The molecule has 0 unspecified atom stereocenters. The Balaban J connectivity index is 1.88. The molecule has 152 valence electrons. The van der Waals surface area contributed by atoms with E-state index >= 15 is 0 Å². The van der Waals surface area contributed by atoms with Crippen LogP contribution in [0, 0.1) is 0 Å². The summed E-state index contributed by atoms with van der Waals surface area (Å²) >= 11 is 6.62. The largest absolute Gasteiger partial charge is 0.497 e. The van der Waals surface area contributed by atoms with Gasteiger partial charge in [0.05, 0.1) is 35.4 Å². The first-order valence-electron chi connectivity index (χ1n) is 8.09. The first-order chi connectivity index (χ1) is 13.7. The van der Waals surface area contributed by atoms with E-state index < -0.39 is 22.7 Å². The number of nitrogens with one attached hydrogen (secondary N) is 1. The van der Waals surface area contributed by atoms with E-state index in [1.54, 1.807) is 24.3 Å². The number of aliphatic imine (C=N–C) groups is 1. The summed E-state index contributed by atoms with van der Waals surface area (Å²) in [6, 6.07) is 8.40. The Hall–Kier alpha value is -2.65. The lowest BCUT2D eigenvalue weighted by atomic mass is 10.1. The van der Waals surface area contributed by atoms with Gasteiger partial charge in [0.25, 0.3) is 5.91 Å². The van der Waals surface area contributed by atoms with E-state index in [9.17, 15) is 18.0 Å². The molecular weight excluding hydrogens is 429 g/mol. The molecule has 1 saturated heterocycles. The summed E-state index contributed by atoms with van der Waals surface area (Å²) in [7, 11) is 3.02. The van der Waals surface area contributed by atoms with Crippen molar-refractivity contribution in [2.75, 3.05) is 14.2 Å². The predicted molar refractivity (Wildman–Crippen MR) is 107 cm³/mol. The van der Waals surface area contributed by atoms with Crippen molar-refractivity contribution in [1.29, 1.82) is 0 Å². The van der Waals surface area contributed by atoms with Crippen LogP contribution in [0.1, 0.15) is 11.1 Å². The van der Waals surface area contributed by atoms with E-state index in [2.05, 4.69) is 10.3 Å². The van der Waals surface area contributed by atoms with Gasteiger partial charge in [-0.2, -0.15) is 13.2 Å². The van der Waals surface area contributed by atoms with Crippen LogP contribution in [-0.2, 0) is 11.0 Å². The highest BCUT2D eigenvalue weighted by Crippen LogP contribution is 2.38. The molecule has 0 aromatic heterocycles. The summed E-state index contributed by atoms with van der Waals surface area (Å²) < 4.78 is 49.4. The lowest BCUT2D eigenvalue weighted by molar-refractivity contribution is -0.137. The van der Waals surface area contributed by atoms with Gasteiger partial charge in [-0.05, 0) is 48.2 Å². The van der Waals surface area contributed by atoms with Gasteiger partial charge in [0.2, 0.25) is 0 Å². The number of thioether (sulfide) groups is 1. The van der Waals surface area contributed by atoms with Crippen LogP contribution in [0.5, 0.6) is 11.5 Å². The topological polar surface area (TPSA) is 59.9 Å². The second kappa shape index (κ2) is 8.38. The van der Waals surface area contributed by atoms with E-state index in [1.807, 2.05) is 0 Å². The zero-order valence-electron chi connectivity index (χ0n) is 15.1. The van der Waals surface area contributed by atoms with Gasteiger partial charge in [0.15, 0.2) is 5.17 Å². The van der Waals surface area contributed by atoms with Crippen LogP contribution in [0.15, 0.2) is 46.3 Å². The molecule has 1 aliphatic rings. The highest BCUT2D eigenvalue weighted by molar-refractivity contribution is 8.18. The number of alkyl halides is 3. The molecule has 2 aromatic carbocycles. The summed E-state index contributed by atoms with van der Waals surface area (Å²) in [5.74, 6) is 0.678. The monoisotopic (exact) mass is 442 g/mol. The third kappa shape index (κ3) is 4.86. The van der Waals surface area contributed by atoms with Crippen molar-refractivity contribution in [2.24, 2.45) is 4.99 Å². The second-order valence-corrected chi connectivity index (χ2v) is 7.19. The molecule has 29 heavy (non-hydrogen) atoms. The maximum absolute atomic E-state index is 13.0. The van der Waals surface area contributed by atoms with E-state index in [1.165, 1.54) is 20.3 Å². The van der Waals surface area contributed by atoms with Gasteiger partial charge in [-0.25, -0.2) is 4.99 Å². The number of benzene rings is 2. The third-order valence-electron chi connectivity index (χ3n) is 3.86. The minimum absolute atomic E-state index is 0.0211. The number of amides is 1. The number of methoxy groups -OCH3 is 2. The molecule has 1 heterocycles. The van der Waals surface area contributed by atoms with Crippen molar-refractivity contribution in [1.82, 2.24) is 5.32 Å². The van der Waals surface area contributed by atoms with Crippen molar-refractivity contribution >= 4 is 46.2 Å². The Morgan fingerprint density at radius 1 is 1.14 bits per heavy atom. The van der Waals surface area contributed by atoms with E-state index in [4.69, 9.17) is 21.1 Å². The third-order valence-corrected chi connectivity index (χ3v) is 5.10. The zero-order valence-corrected chi connectivity index (χ0v) is 16.7. The normalized spacial score (nSPS) is 17.0. The molecule has 1 N–H and O–H groups in total. The van der Waals surface area contributed by atoms with Gasteiger partial charge >= 0.3 is 6.18 Å². The summed E-state index contributed by atoms with van der Waals surface area (Å²) in [6.07, 6.45) is -3.00. The molecule has 0 aliphatic carbocycles. The molecular formula is C19H14ClF3N2O3S. The molecule has 1 amide bonds. The maximum Gasteiger partial charge on any atom is 0.417 e. The summed E-state index contributed by atoms with van der Waals surface area (Å²) in [4.78, 5) is 16.6. The minimum Gasteiger partial charge on any atom is -0.497 e. The highest BCUT2D eigenvalue weighted by atomic mass is 35.5. The van der Waals surface area contributed by atoms with Crippen molar-refractivity contribution in [3.8, 4) is 11.5 Å². The molecule has 0 saturated carbocycles. The second-order valence-electron chi connectivity index (χ2n) is 5.75. The number of nitrogens with zero attached hydrogens (tertiary/aromatic N) is 1. The van der Waals surface area contributed by atoms with E-state index in [0.717, 1.165) is 23.9 Å². The van der Waals surface area contributed by atoms with Crippen LogP contribution in [-0.4, -0.2) is 25.3 Å². The fraction of sp³-hybridized carbons (Fsp3) is 0.158. The maximum atomic E-state index is 13.0. The average molecular weight is 443 g/mol. The lowest BCUT2D eigenvalue weighted by Gasteiger charge is -2.09. The molecule has 1 aliphatic heterocycles. The standard InChI is InChI=1S/C19H14ClF3N2O3S/c1-27-12-5-3-10(15(9-12)28-2)7-16-17(26)25-18(29-16)24-11-4-6-14(20)13(8-11)19(21,22)23/h3-9H,1-2H3,(H,24,25,26)/b16-7+. The Kier molecular flexibility index (Phi) is 6.09. The molecule has 0 atom stereocenters. The zero-order chi connectivity index (χ0) is 21.2. The van der Waals surface area contributed by atoms with Crippen LogP contribution in [0.4, 0.5) is 18.9 Å².